The van der Waals surface area contributed by atoms with Gasteiger partial charge in [-0.05, 0) is 0 Å². The summed E-state index contributed by atoms with van der Waals surface area (Å²) in [4.78, 5) is 31.7. The zero-order chi connectivity index (χ0) is 12.6. The van der Waals surface area contributed by atoms with E-state index in [4.69, 9.17) is 0 Å². The lowest BCUT2D eigenvalue weighted by Gasteiger charge is -2.05. The van der Waals surface area contributed by atoms with Gasteiger partial charge in [-0.2, -0.15) is 0 Å². The highest BCUT2D eigenvalue weighted by molar-refractivity contribution is 5.69. The molecule has 0 aliphatic carbocycles. The lowest BCUT2D eigenvalue weighted by Crippen LogP contribution is -2.07. The molecule has 6 heteroatoms. The zero-order valence-corrected chi connectivity index (χ0v) is 9.44. The molecule has 0 aliphatic rings. The van der Waals surface area contributed by atoms with Crippen LogP contribution in [0.25, 0.3) is 0 Å². The smallest absolute Gasteiger partial charge is 0.310 e. The Bertz CT molecular complexity index is 286. The van der Waals surface area contributed by atoms with Gasteiger partial charge in [0.1, 0.15) is 0 Å². The van der Waals surface area contributed by atoms with Crippen LogP contribution in [0.4, 0.5) is 0 Å². The van der Waals surface area contributed by atoms with Crippen molar-refractivity contribution < 1.29 is 28.6 Å². The van der Waals surface area contributed by atoms with Gasteiger partial charge in [0.05, 0.1) is 6.61 Å². The van der Waals surface area contributed by atoms with E-state index in [1.165, 1.54) is 26.8 Å². The van der Waals surface area contributed by atoms with Gasteiger partial charge in [0.15, 0.2) is 0 Å². The largest absolute Gasteiger partial charge is 0.466 e. The van der Waals surface area contributed by atoms with Crippen LogP contribution >= 0.6 is 0 Å². The Hall–Kier alpha value is -1.85. The number of hydrogen-bond donors (Lipinski definition) is 0. The fraction of sp³-hybridized carbons (Fsp3) is 0.500. The molecule has 0 N–H and O–H groups in total. The maximum atomic E-state index is 10.6. The predicted molar refractivity (Wildman–Crippen MR) is 52.9 cm³/mol. The van der Waals surface area contributed by atoms with E-state index >= 15 is 0 Å². The van der Waals surface area contributed by atoms with E-state index in [1.54, 1.807) is 0 Å². The van der Waals surface area contributed by atoms with E-state index < -0.39 is 17.9 Å². The van der Waals surface area contributed by atoms with Crippen LogP contribution in [0.5, 0.6) is 0 Å². The Morgan fingerprint density at radius 1 is 0.938 bits per heavy atom. The summed E-state index contributed by atoms with van der Waals surface area (Å²) >= 11 is 0. The summed E-state index contributed by atoms with van der Waals surface area (Å²) in [5.41, 5.74) is 0. The Kier molecular flexibility index (Phi) is 6.58. The summed E-state index contributed by atoms with van der Waals surface area (Å²) in [7, 11) is 0. The molecule has 0 aliphatic heterocycles. The predicted octanol–water partition coefficient (Wildman–Crippen LogP) is 0.907. The molecule has 0 spiro atoms. The Morgan fingerprint density at radius 2 is 1.44 bits per heavy atom. The molecule has 0 rings (SSSR count). The molecule has 0 amide bonds. The molecule has 0 atom stereocenters. The molecule has 0 heterocycles. The van der Waals surface area contributed by atoms with Crippen LogP contribution in [0, 0.1) is 0 Å². The van der Waals surface area contributed by atoms with Gasteiger partial charge >= 0.3 is 17.9 Å². The third kappa shape index (κ3) is 8.74. The summed E-state index contributed by atoms with van der Waals surface area (Å²) in [5.74, 6) is -1.80. The monoisotopic (exact) mass is 230 g/mol. The van der Waals surface area contributed by atoms with Crippen LogP contribution < -0.4 is 0 Å². The van der Waals surface area contributed by atoms with E-state index in [9.17, 15) is 14.4 Å². The molecule has 90 valence electrons. The molecule has 0 aromatic rings. The second-order valence-corrected chi connectivity index (χ2v) is 2.84. The first-order chi connectivity index (χ1) is 7.41. The van der Waals surface area contributed by atoms with Crippen molar-refractivity contribution in [1.82, 2.24) is 0 Å². The first-order valence-electron chi connectivity index (χ1n) is 4.62. The quantitative estimate of drug-likeness (QED) is 0.396. The summed E-state index contributed by atoms with van der Waals surface area (Å²) in [6, 6.07) is 0. The van der Waals surface area contributed by atoms with Gasteiger partial charge in [-0.15, -0.1) is 0 Å². The highest BCUT2D eigenvalue weighted by atomic mass is 16.7. The fourth-order valence-corrected chi connectivity index (χ4v) is 0.767. The molecule has 0 saturated carbocycles. The molecule has 0 unspecified atom stereocenters. The van der Waals surface area contributed by atoms with Gasteiger partial charge in [0, 0.05) is 33.3 Å². The molecule has 0 radical (unpaired) electrons. The standard InChI is InChI=1S/C10H14O6/c1-7(11)14-6-4-5-10(15-8(2)12)16-9(3)13/h5H,4,6H2,1-3H3. The van der Waals surface area contributed by atoms with Crippen LogP contribution in [0.3, 0.4) is 0 Å². The summed E-state index contributed by atoms with van der Waals surface area (Å²) in [5, 5.41) is 0. The SMILES string of the molecule is CC(=O)OCCC=C(OC(C)=O)OC(C)=O. The molecule has 6 nitrogen and oxygen atoms in total. The maximum Gasteiger partial charge on any atom is 0.310 e. The summed E-state index contributed by atoms with van der Waals surface area (Å²) < 4.78 is 13.9. The van der Waals surface area contributed by atoms with Crippen LogP contribution in [-0.2, 0) is 28.6 Å². The van der Waals surface area contributed by atoms with Gasteiger partial charge in [-0.3, -0.25) is 14.4 Å². The molecular weight excluding hydrogens is 216 g/mol. The van der Waals surface area contributed by atoms with Gasteiger partial charge in [0.2, 0.25) is 0 Å². The Labute approximate surface area is 93.2 Å². The number of hydrogen-bond acceptors (Lipinski definition) is 6. The van der Waals surface area contributed by atoms with Crippen molar-refractivity contribution in [1.29, 1.82) is 0 Å². The van der Waals surface area contributed by atoms with E-state index in [-0.39, 0.29) is 19.0 Å². The number of carbonyl (C=O) groups is 3. The second kappa shape index (κ2) is 7.44. The van der Waals surface area contributed by atoms with Gasteiger partial charge < -0.3 is 14.2 Å². The average molecular weight is 230 g/mol. The van der Waals surface area contributed by atoms with Crippen molar-refractivity contribution in [2.75, 3.05) is 6.61 Å². The third-order valence-electron chi connectivity index (χ3n) is 1.22. The van der Waals surface area contributed by atoms with Crippen LogP contribution in [0.1, 0.15) is 27.2 Å². The minimum atomic E-state index is -0.597. The third-order valence-corrected chi connectivity index (χ3v) is 1.22. The van der Waals surface area contributed by atoms with Gasteiger partial charge in [-0.1, -0.05) is 0 Å². The first kappa shape index (κ1) is 14.2. The van der Waals surface area contributed by atoms with Gasteiger partial charge in [-0.25, -0.2) is 0 Å². The second-order valence-electron chi connectivity index (χ2n) is 2.84. The highest BCUT2D eigenvalue weighted by Crippen LogP contribution is 2.03. The van der Waals surface area contributed by atoms with Crippen LogP contribution in [0.2, 0.25) is 0 Å². The van der Waals surface area contributed by atoms with Gasteiger partial charge in [0.25, 0.3) is 5.95 Å². The molecule has 16 heavy (non-hydrogen) atoms. The van der Waals surface area contributed by atoms with E-state index in [0.717, 1.165) is 0 Å². The summed E-state index contributed by atoms with van der Waals surface area (Å²) in [6.45, 7) is 3.77. The Balaban J connectivity index is 4.15. The van der Waals surface area contributed by atoms with Crippen LogP contribution in [-0.4, -0.2) is 24.5 Å². The normalized spacial score (nSPS) is 8.94. The topological polar surface area (TPSA) is 78.9 Å². The Morgan fingerprint density at radius 3 is 1.81 bits per heavy atom. The van der Waals surface area contributed by atoms with Crippen molar-refractivity contribution in [2.45, 2.75) is 27.2 Å². The lowest BCUT2D eigenvalue weighted by atomic mass is 10.4. The number of ether oxygens (including phenoxy) is 3. The number of esters is 3. The molecule has 0 saturated heterocycles. The minimum Gasteiger partial charge on any atom is -0.466 e. The molecule has 0 aromatic carbocycles. The fourth-order valence-electron chi connectivity index (χ4n) is 0.767. The minimum absolute atomic E-state index is 0.126. The summed E-state index contributed by atoms with van der Waals surface area (Å²) in [6.07, 6.45) is 1.64. The highest BCUT2D eigenvalue weighted by Gasteiger charge is 2.06. The van der Waals surface area contributed by atoms with Crippen molar-refractivity contribution >= 4 is 17.9 Å². The maximum absolute atomic E-state index is 10.6. The number of carbonyl (C=O) groups excluding carboxylic acids is 3. The molecule has 0 fully saturated rings. The van der Waals surface area contributed by atoms with E-state index in [0.29, 0.717) is 0 Å². The molecule has 0 aromatic heterocycles. The van der Waals surface area contributed by atoms with Crippen LogP contribution in [0.15, 0.2) is 12.0 Å². The van der Waals surface area contributed by atoms with Crippen molar-refractivity contribution in [3.05, 3.63) is 12.0 Å². The van der Waals surface area contributed by atoms with Crippen molar-refractivity contribution in [3.8, 4) is 0 Å². The number of rotatable bonds is 5. The lowest BCUT2D eigenvalue weighted by molar-refractivity contribution is -0.151. The van der Waals surface area contributed by atoms with Crippen molar-refractivity contribution in [3.63, 3.8) is 0 Å². The molecular formula is C10H14O6. The molecule has 0 bridgehead atoms. The zero-order valence-electron chi connectivity index (χ0n) is 9.44. The average Bonchev–Trinajstić information content (AvgIpc) is 2.09. The van der Waals surface area contributed by atoms with E-state index in [2.05, 4.69) is 14.2 Å². The van der Waals surface area contributed by atoms with Crippen molar-refractivity contribution in [2.24, 2.45) is 0 Å². The first-order valence-corrected chi connectivity index (χ1v) is 4.62. The van der Waals surface area contributed by atoms with E-state index in [1.807, 2.05) is 0 Å².